The van der Waals surface area contributed by atoms with Crippen molar-refractivity contribution in [2.75, 3.05) is 6.61 Å². The first kappa shape index (κ1) is 45.1. The Labute approximate surface area is 376 Å². The number of benzene rings is 7. The molecule has 0 aliphatic carbocycles. The molecular weight excluding hydrogens is 842 g/mol. The SMILES string of the molecule is Cc1ccc(S(=O)(=O)N=P(O[C@H]2O[C@H](COCc3ccccc3)[C@@H](OCc3ccccc3)[C@H](OCc3ccccc3)[C@H]2OCc2ccccc2)(c2ccccc2)c2ccccc2)cc1. The fraction of sp³-hybridized carbons (Fsp3) is 0.208. The van der Waals surface area contributed by atoms with Crippen molar-refractivity contribution in [3.63, 3.8) is 0 Å². The third-order valence-corrected chi connectivity index (χ3v) is 16.0. The van der Waals surface area contributed by atoms with Crippen molar-refractivity contribution < 1.29 is 36.6 Å². The van der Waals surface area contributed by atoms with Crippen LogP contribution in [0.15, 0.2) is 215 Å². The highest BCUT2D eigenvalue weighted by Crippen LogP contribution is 2.53. The summed E-state index contributed by atoms with van der Waals surface area (Å²) in [4.78, 5) is 0.0463. The molecule has 11 heteroatoms. The van der Waals surface area contributed by atoms with Crippen LogP contribution in [0.25, 0.3) is 0 Å². The van der Waals surface area contributed by atoms with E-state index in [0.717, 1.165) is 27.8 Å². The summed E-state index contributed by atoms with van der Waals surface area (Å²) in [5.74, 6) is 0. The Morgan fingerprint density at radius 2 is 0.875 bits per heavy atom. The molecule has 1 aliphatic rings. The minimum Gasteiger partial charge on any atom is -0.374 e. The smallest absolute Gasteiger partial charge is 0.283 e. The van der Waals surface area contributed by atoms with Gasteiger partial charge < -0.3 is 28.2 Å². The molecule has 328 valence electrons. The molecule has 8 rings (SSSR count). The summed E-state index contributed by atoms with van der Waals surface area (Å²) >= 11 is 0. The number of aryl methyl sites for hydroxylation is 1. The number of sulfonamides is 1. The lowest BCUT2D eigenvalue weighted by atomic mass is 9.98. The number of rotatable bonds is 19. The predicted molar refractivity (Wildman–Crippen MR) is 251 cm³/mol. The van der Waals surface area contributed by atoms with Crippen LogP contribution in [0.3, 0.4) is 0 Å². The van der Waals surface area contributed by atoms with Crippen molar-refractivity contribution in [2.24, 2.45) is 4.15 Å². The molecule has 7 aromatic carbocycles. The van der Waals surface area contributed by atoms with Crippen LogP contribution in [0, 0.1) is 6.92 Å². The van der Waals surface area contributed by atoms with Gasteiger partial charge in [-0.2, -0.15) is 8.42 Å². The Hall–Kier alpha value is -5.52. The number of nitrogens with zero attached hydrogens (tertiary/aromatic N) is 1. The maximum Gasteiger partial charge on any atom is 0.283 e. The molecule has 0 bridgehead atoms. The maximum atomic E-state index is 14.7. The maximum absolute atomic E-state index is 14.7. The second-order valence-corrected chi connectivity index (χ2v) is 20.0. The molecule has 7 aromatic rings. The van der Waals surface area contributed by atoms with E-state index in [2.05, 4.69) is 0 Å². The van der Waals surface area contributed by atoms with E-state index >= 15 is 0 Å². The highest BCUT2D eigenvalue weighted by Gasteiger charge is 2.51. The summed E-state index contributed by atoms with van der Waals surface area (Å²) in [6.45, 7) is 2.95. The van der Waals surface area contributed by atoms with Crippen LogP contribution in [0.5, 0.6) is 0 Å². The molecule has 0 aromatic heterocycles. The molecule has 0 N–H and O–H groups in total. The van der Waals surface area contributed by atoms with Gasteiger partial charge in [0.2, 0.25) is 0 Å². The van der Waals surface area contributed by atoms with Crippen molar-refractivity contribution in [3.8, 4) is 0 Å². The van der Waals surface area contributed by atoms with Crippen LogP contribution in [0.2, 0.25) is 0 Å². The van der Waals surface area contributed by atoms with E-state index < -0.39 is 48.0 Å². The van der Waals surface area contributed by atoms with Gasteiger partial charge in [0, 0.05) is 10.6 Å². The largest absolute Gasteiger partial charge is 0.374 e. The van der Waals surface area contributed by atoms with Gasteiger partial charge in [0.05, 0.1) is 37.9 Å². The van der Waals surface area contributed by atoms with Gasteiger partial charge in [-0.3, -0.25) is 0 Å². The highest BCUT2D eigenvalue weighted by molar-refractivity contribution is 7.96. The standard InChI is InChI=1S/C53H52NO8PS/c1-41-32-34-48(35-33-41)64(55,56)54-63(46-28-16-6-17-29-46,47-30-18-7-19-31-47)62-53-52(60-39-45-26-14-5-15-27-45)51(59-38-44-24-12-4-13-25-44)50(58-37-43-22-10-3-11-23-43)49(61-53)40-57-36-42-20-8-2-9-21-42/h2-35,49-53H,36-40H2,1H3/t49-,50-,51+,52-,53-/m1/s1. The Balaban J connectivity index is 1.28. The molecule has 0 unspecified atom stereocenters. The number of hydrogen-bond donors (Lipinski definition) is 0. The lowest BCUT2D eigenvalue weighted by Crippen LogP contribution is -2.61. The van der Waals surface area contributed by atoms with Gasteiger partial charge in [-0.25, -0.2) is 0 Å². The topological polar surface area (TPSA) is 102 Å². The van der Waals surface area contributed by atoms with E-state index in [1.807, 2.05) is 189 Å². The van der Waals surface area contributed by atoms with Crippen molar-refractivity contribution in [3.05, 3.63) is 234 Å². The van der Waals surface area contributed by atoms with Gasteiger partial charge in [-0.1, -0.05) is 200 Å². The summed E-state index contributed by atoms with van der Waals surface area (Å²) < 4.78 is 76.2. The number of ether oxygens (including phenoxy) is 5. The first-order chi connectivity index (χ1) is 31.4. The molecule has 5 atom stereocenters. The Morgan fingerprint density at radius 3 is 1.33 bits per heavy atom. The fourth-order valence-electron chi connectivity index (χ4n) is 7.54. The third kappa shape index (κ3) is 11.6. The lowest BCUT2D eigenvalue weighted by Gasteiger charge is -2.47. The zero-order valence-corrected chi connectivity index (χ0v) is 37.3. The van der Waals surface area contributed by atoms with E-state index in [-0.39, 0.29) is 31.3 Å². The van der Waals surface area contributed by atoms with Crippen molar-refractivity contribution >= 4 is 27.9 Å². The second kappa shape index (κ2) is 21.9. The Kier molecular flexibility index (Phi) is 15.4. The Bertz CT molecular complexity index is 2600. The van der Waals surface area contributed by atoms with Crippen LogP contribution in [-0.4, -0.2) is 45.7 Å². The molecule has 1 fully saturated rings. The monoisotopic (exact) mass is 893 g/mol. The van der Waals surface area contributed by atoms with Gasteiger partial charge >= 0.3 is 0 Å². The lowest BCUT2D eigenvalue weighted by molar-refractivity contribution is -0.309. The van der Waals surface area contributed by atoms with Crippen LogP contribution in [0.4, 0.5) is 0 Å². The predicted octanol–water partition coefficient (Wildman–Crippen LogP) is 10.2. The minimum atomic E-state index is -4.35. The van der Waals surface area contributed by atoms with E-state index in [9.17, 15) is 8.42 Å². The molecule has 0 spiro atoms. The molecule has 64 heavy (non-hydrogen) atoms. The Morgan fingerprint density at radius 1 is 0.484 bits per heavy atom. The molecular formula is C53H52NO8PS. The van der Waals surface area contributed by atoms with Crippen LogP contribution in [0.1, 0.15) is 27.8 Å². The summed E-state index contributed by atoms with van der Waals surface area (Å²) in [5, 5.41) is 1.15. The fourth-order valence-corrected chi connectivity index (χ4v) is 12.7. The van der Waals surface area contributed by atoms with Crippen LogP contribution < -0.4 is 10.6 Å². The van der Waals surface area contributed by atoms with Crippen molar-refractivity contribution in [1.82, 2.24) is 0 Å². The first-order valence-electron chi connectivity index (χ1n) is 21.3. The first-order valence-corrected chi connectivity index (χ1v) is 24.4. The zero-order chi connectivity index (χ0) is 44.0. The summed E-state index contributed by atoms with van der Waals surface area (Å²) in [5.41, 5.74) is 4.74. The van der Waals surface area contributed by atoms with Gasteiger partial charge in [0.1, 0.15) is 24.4 Å². The molecule has 1 heterocycles. The van der Waals surface area contributed by atoms with Gasteiger partial charge in [-0.05, 0) is 41.3 Å². The average molecular weight is 894 g/mol. The van der Waals surface area contributed by atoms with Crippen LogP contribution >= 0.6 is 7.28 Å². The molecule has 0 saturated carbocycles. The van der Waals surface area contributed by atoms with Gasteiger partial charge in [-0.15, -0.1) is 4.15 Å². The molecule has 1 saturated heterocycles. The van der Waals surface area contributed by atoms with Gasteiger partial charge in [0.25, 0.3) is 10.0 Å². The quantitative estimate of drug-likeness (QED) is 0.0740. The van der Waals surface area contributed by atoms with E-state index in [0.29, 0.717) is 17.2 Å². The van der Waals surface area contributed by atoms with Crippen LogP contribution in [-0.2, 0) is 64.7 Å². The summed E-state index contributed by atoms with van der Waals surface area (Å²) in [6.07, 6.45) is -4.57. The van der Waals surface area contributed by atoms with E-state index in [4.69, 9.17) is 32.4 Å². The molecule has 1 aliphatic heterocycles. The van der Waals surface area contributed by atoms with Crippen molar-refractivity contribution in [2.45, 2.75) is 69.0 Å². The normalized spacial score (nSPS) is 18.9. The molecule has 0 radical (unpaired) electrons. The summed E-state index contributed by atoms with van der Waals surface area (Å²) in [7, 11) is -8.14. The molecule has 9 nitrogen and oxygen atoms in total. The van der Waals surface area contributed by atoms with E-state index in [1.165, 1.54) is 0 Å². The second-order valence-electron chi connectivity index (χ2n) is 15.5. The highest BCUT2D eigenvalue weighted by atomic mass is 32.2. The van der Waals surface area contributed by atoms with E-state index in [1.54, 1.807) is 24.3 Å². The molecule has 0 amide bonds. The van der Waals surface area contributed by atoms with Gasteiger partial charge in [0.15, 0.2) is 13.6 Å². The third-order valence-electron chi connectivity index (χ3n) is 10.9. The minimum absolute atomic E-state index is 0.0463. The number of hydrogen-bond acceptors (Lipinski definition) is 8. The average Bonchev–Trinajstić information content (AvgIpc) is 3.34. The zero-order valence-electron chi connectivity index (χ0n) is 35.6. The summed E-state index contributed by atoms with van der Waals surface area (Å²) in [6, 6.07) is 64.8. The van der Waals surface area contributed by atoms with Crippen molar-refractivity contribution in [1.29, 1.82) is 0 Å².